The fourth-order valence-electron chi connectivity index (χ4n) is 2.91. The number of nitrogens with zero attached hydrogens (tertiary/aromatic N) is 2. The van der Waals surface area contributed by atoms with Crippen LogP contribution in [0.25, 0.3) is 0 Å². The van der Waals surface area contributed by atoms with Crippen LogP contribution in [-0.4, -0.2) is 45.8 Å². The lowest BCUT2D eigenvalue weighted by Crippen LogP contribution is -2.37. The number of halogens is 1. The molecule has 3 rings (SSSR count). The zero-order chi connectivity index (χ0) is 17.8. The van der Waals surface area contributed by atoms with Crippen LogP contribution in [0.5, 0.6) is 0 Å². The molecule has 1 aromatic rings. The van der Waals surface area contributed by atoms with E-state index in [1.54, 1.807) is 23.9 Å². The molecule has 0 aromatic heterocycles. The van der Waals surface area contributed by atoms with E-state index in [9.17, 15) is 9.90 Å². The first-order valence-corrected chi connectivity index (χ1v) is 9.72. The van der Waals surface area contributed by atoms with Crippen molar-refractivity contribution in [1.82, 2.24) is 10.3 Å². The number of carbonyl (C=O) groups excluding carboxylic acids is 1. The maximum atomic E-state index is 11.7. The van der Waals surface area contributed by atoms with Crippen LogP contribution in [0.3, 0.4) is 0 Å². The Balaban J connectivity index is 1.57. The lowest BCUT2D eigenvalue weighted by molar-refractivity contribution is -0.120. The van der Waals surface area contributed by atoms with Gasteiger partial charge in [-0.25, -0.2) is 5.43 Å². The molecule has 0 spiro atoms. The lowest BCUT2D eigenvalue weighted by atomic mass is 10.1. The van der Waals surface area contributed by atoms with Crippen molar-refractivity contribution >= 4 is 34.3 Å². The van der Waals surface area contributed by atoms with E-state index in [1.165, 1.54) is 5.57 Å². The predicted octanol–water partition coefficient (Wildman–Crippen LogP) is 2.96. The molecule has 1 amide bonds. The Labute approximate surface area is 157 Å². The number of hydrazone groups is 1. The van der Waals surface area contributed by atoms with Gasteiger partial charge in [0.25, 0.3) is 5.91 Å². The molecule has 2 atom stereocenters. The maximum absolute atomic E-state index is 11.7. The summed E-state index contributed by atoms with van der Waals surface area (Å²) in [4.78, 5) is 13.9. The smallest absolute Gasteiger partial charge is 0.253 e. The van der Waals surface area contributed by atoms with Gasteiger partial charge in [-0.1, -0.05) is 48.5 Å². The third kappa shape index (κ3) is 4.64. The van der Waals surface area contributed by atoms with Crippen molar-refractivity contribution in [2.45, 2.75) is 31.1 Å². The number of hydrogen-bond donors (Lipinski definition) is 2. The van der Waals surface area contributed by atoms with Gasteiger partial charge in [-0.2, -0.15) is 5.10 Å². The quantitative estimate of drug-likeness (QED) is 0.825. The molecular formula is C18H22ClN3O2S. The van der Waals surface area contributed by atoms with Gasteiger partial charge in [0.15, 0.2) is 0 Å². The third-order valence-electron chi connectivity index (χ3n) is 4.44. The van der Waals surface area contributed by atoms with Crippen molar-refractivity contribution < 1.29 is 9.90 Å². The molecule has 2 aliphatic heterocycles. The molecule has 2 aliphatic rings. The molecule has 7 heteroatoms. The van der Waals surface area contributed by atoms with Crippen LogP contribution in [0.1, 0.15) is 31.4 Å². The number of rotatable bonds is 5. The molecule has 0 aliphatic carbocycles. The summed E-state index contributed by atoms with van der Waals surface area (Å²) in [7, 11) is 0. The number of β-amino-alcohol motifs (C(OH)–C–C–N with tert-alkyl or cyclic N) is 1. The summed E-state index contributed by atoms with van der Waals surface area (Å²) in [6, 6.07) is 7.31. The number of thioether (sulfide) groups is 1. The molecule has 0 radical (unpaired) electrons. The van der Waals surface area contributed by atoms with Crippen molar-refractivity contribution in [2.75, 3.05) is 19.6 Å². The van der Waals surface area contributed by atoms with Gasteiger partial charge in [-0.15, -0.1) is 0 Å². The molecule has 5 nitrogen and oxygen atoms in total. The number of aliphatic hydroxyl groups is 1. The molecule has 2 N–H and O–H groups in total. The van der Waals surface area contributed by atoms with Crippen molar-refractivity contribution in [3.8, 4) is 0 Å². The molecule has 2 heterocycles. The molecule has 1 aromatic carbocycles. The van der Waals surface area contributed by atoms with Crippen molar-refractivity contribution in [1.29, 1.82) is 0 Å². The molecule has 0 saturated carbocycles. The van der Waals surface area contributed by atoms with Crippen molar-refractivity contribution in [3.05, 3.63) is 46.5 Å². The Morgan fingerprint density at radius 3 is 2.84 bits per heavy atom. The van der Waals surface area contributed by atoms with Gasteiger partial charge < -0.3 is 5.11 Å². The zero-order valence-corrected chi connectivity index (χ0v) is 15.7. The van der Waals surface area contributed by atoms with Crippen LogP contribution in [0.4, 0.5) is 0 Å². The predicted molar refractivity (Wildman–Crippen MR) is 103 cm³/mol. The molecular weight excluding hydrogens is 358 g/mol. The first-order chi connectivity index (χ1) is 12.1. The van der Waals surface area contributed by atoms with E-state index in [0.29, 0.717) is 11.6 Å². The Bertz CT molecular complexity index is 690. The van der Waals surface area contributed by atoms with E-state index in [1.807, 2.05) is 19.1 Å². The van der Waals surface area contributed by atoms with Gasteiger partial charge in [0.05, 0.1) is 11.4 Å². The van der Waals surface area contributed by atoms with E-state index < -0.39 is 6.10 Å². The van der Waals surface area contributed by atoms with Crippen LogP contribution >= 0.6 is 23.4 Å². The first-order valence-electron chi connectivity index (χ1n) is 8.46. The topological polar surface area (TPSA) is 64.9 Å². The summed E-state index contributed by atoms with van der Waals surface area (Å²) in [5.74, 6) is -0.0135. The van der Waals surface area contributed by atoms with Crippen LogP contribution < -0.4 is 5.43 Å². The summed E-state index contributed by atoms with van der Waals surface area (Å²) >= 11 is 7.44. The SMILES string of the molecule is CCC1SC(C2=CCN(CC(O)c3ccc(Cl)cc3)CC2)=NNC1=O. The first kappa shape index (κ1) is 18.5. The summed E-state index contributed by atoms with van der Waals surface area (Å²) < 4.78 is 0. The number of aliphatic hydroxyl groups excluding tert-OH is 1. The molecule has 25 heavy (non-hydrogen) atoms. The molecule has 2 unspecified atom stereocenters. The monoisotopic (exact) mass is 379 g/mol. The average Bonchev–Trinajstić information content (AvgIpc) is 2.63. The largest absolute Gasteiger partial charge is 0.387 e. The highest BCUT2D eigenvalue weighted by Crippen LogP contribution is 2.28. The summed E-state index contributed by atoms with van der Waals surface area (Å²) in [5, 5.41) is 16.1. The second-order valence-corrected chi connectivity index (χ2v) is 7.84. The van der Waals surface area contributed by atoms with Crippen LogP contribution in [0, 0.1) is 0 Å². The Kier molecular flexibility index (Phi) is 6.17. The van der Waals surface area contributed by atoms with E-state index in [4.69, 9.17) is 11.6 Å². The number of amides is 1. The lowest BCUT2D eigenvalue weighted by Gasteiger charge is -2.29. The Morgan fingerprint density at radius 1 is 1.44 bits per heavy atom. The van der Waals surface area contributed by atoms with Crippen LogP contribution in [0.2, 0.25) is 5.02 Å². The fourth-order valence-corrected chi connectivity index (χ4v) is 4.07. The minimum absolute atomic E-state index is 0.0135. The van der Waals surface area contributed by atoms with Gasteiger partial charge in [0, 0.05) is 24.7 Å². The van der Waals surface area contributed by atoms with E-state index in [-0.39, 0.29) is 11.2 Å². The summed E-state index contributed by atoms with van der Waals surface area (Å²) in [5.41, 5.74) is 4.68. The molecule has 0 bridgehead atoms. The van der Waals surface area contributed by atoms with E-state index in [2.05, 4.69) is 21.5 Å². The van der Waals surface area contributed by atoms with E-state index >= 15 is 0 Å². The Morgan fingerprint density at radius 2 is 2.20 bits per heavy atom. The Hall–Kier alpha value is -1.34. The van der Waals surface area contributed by atoms with Crippen molar-refractivity contribution in [2.24, 2.45) is 5.10 Å². The minimum Gasteiger partial charge on any atom is -0.387 e. The van der Waals surface area contributed by atoms with Gasteiger partial charge in [-0.3, -0.25) is 9.69 Å². The van der Waals surface area contributed by atoms with Crippen LogP contribution in [-0.2, 0) is 4.79 Å². The minimum atomic E-state index is -0.530. The van der Waals surface area contributed by atoms with Gasteiger partial charge in [0.1, 0.15) is 5.04 Å². The summed E-state index contributed by atoms with van der Waals surface area (Å²) in [6.07, 6.45) is 3.28. The van der Waals surface area contributed by atoms with E-state index in [0.717, 1.165) is 36.5 Å². The van der Waals surface area contributed by atoms with Crippen molar-refractivity contribution in [3.63, 3.8) is 0 Å². The fraction of sp³-hybridized carbons (Fsp3) is 0.444. The van der Waals surface area contributed by atoms with Gasteiger partial charge in [-0.05, 0) is 36.1 Å². The zero-order valence-electron chi connectivity index (χ0n) is 14.1. The number of carbonyl (C=O) groups is 1. The standard InChI is InChI=1S/C18H22ClN3O2S/c1-2-16-17(24)20-21-18(25-16)13-7-9-22(10-8-13)11-15(23)12-3-5-14(19)6-4-12/h3-7,15-16,23H,2,8-11H2,1H3,(H,20,24). The second kappa shape index (κ2) is 8.36. The van der Waals surface area contributed by atoms with Gasteiger partial charge in [0.2, 0.25) is 0 Å². The number of benzene rings is 1. The molecule has 0 saturated heterocycles. The number of nitrogens with one attached hydrogen (secondary N) is 1. The number of hydrogen-bond acceptors (Lipinski definition) is 5. The highest BCUT2D eigenvalue weighted by Gasteiger charge is 2.27. The molecule has 134 valence electrons. The normalized spacial score (nSPS) is 22.8. The second-order valence-electron chi connectivity index (χ2n) is 6.21. The third-order valence-corrected chi connectivity index (χ3v) is 6.10. The maximum Gasteiger partial charge on any atom is 0.253 e. The summed E-state index contributed by atoms with van der Waals surface area (Å²) in [6.45, 7) is 4.22. The molecule has 0 fully saturated rings. The highest BCUT2D eigenvalue weighted by molar-refractivity contribution is 8.15. The highest BCUT2D eigenvalue weighted by atomic mass is 35.5. The van der Waals surface area contributed by atoms with Gasteiger partial charge >= 0.3 is 0 Å². The average molecular weight is 380 g/mol. The van der Waals surface area contributed by atoms with Crippen LogP contribution in [0.15, 0.2) is 41.0 Å².